The Morgan fingerprint density at radius 2 is 1.77 bits per heavy atom. The predicted molar refractivity (Wildman–Crippen MR) is 126 cm³/mol. The largest absolute Gasteiger partial charge is 0.496 e. The van der Waals surface area contributed by atoms with Gasteiger partial charge in [-0.3, -0.25) is 9.88 Å². The molecule has 0 aliphatic carbocycles. The first-order valence-electron chi connectivity index (χ1n) is 11.6. The number of nitrogens with zero attached hydrogens (tertiary/aromatic N) is 2. The zero-order valence-electron chi connectivity index (χ0n) is 19.2. The first kappa shape index (κ1) is 20.9. The van der Waals surface area contributed by atoms with Gasteiger partial charge in [0.05, 0.1) is 11.2 Å². The fourth-order valence-electron chi connectivity index (χ4n) is 5.11. The van der Waals surface area contributed by atoms with Gasteiger partial charge in [0.1, 0.15) is 0 Å². The molecule has 2 bridgehead atoms. The van der Waals surface area contributed by atoms with Crippen molar-refractivity contribution in [1.82, 2.24) is 9.88 Å². The monoisotopic (exact) mass is 416 g/mol. The molecule has 0 N–H and O–H groups in total. The van der Waals surface area contributed by atoms with Crippen LogP contribution in [0.2, 0.25) is 0 Å². The van der Waals surface area contributed by atoms with Gasteiger partial charge in [0, 0.05) is 36.5 Å². The van der Waals surface area contributed by atoms with Crippen LogP contribution in [0, 0.1) is 0 Å². The van der Waals surface area contributed by atoms with Crippen LogP contribution in [0.25, 0.3) is 5.57 Å². The molecule has 4 nitrogen and oxygen atoms in total. The van der Waals surface area contributed by atoms with E-state index in [0.29, 0.717) is 12.1 Å². The molecule has 0 saturated carbocycles. The number of pyridine rings is 1. The highest BCUT2D eigenvalue weighted by molar-refractivity contribution is 6.62. The minimum Gasteiger partial charge on any atom is -0.399 e. The molecule has 2 aromatic rings. The standard InChI is InChI=1S/C26H33BN2O2/c1-25(2)26(3,4)31-27(30-25)22-13-21(16-28-17-22)20-14-23-11-8-12-24(15-20)29(23)18-19-9-6-5-7-10-19/h5-7,9-10,13-14,16-17,23-24H,8,11-12,15,18H2,1-4H3. The summed E-state index contributed by atoms with van der Waals surface area (Å²) in [5.41, 5.74) is 4.36. The van der Waals surface area contributed by atoms with Gasteiger partial charge in [-0.1, -0.05) is 48.9 Å². The molecule has 2 unspecified atom stereocenters. The van der Waals surface area contributed by atoms with Crippen molar-refractivity contribution in [1.29, 1.82) is 0 Å². The Labute approximate surface area is 186 Å². The summed E-state index contributed by atoms with van der Waals surface area (Å²) in [7, 11) is -0.365. The van der Waals surface area contributed by atoms with Crippen LogP contribution in [-0.4, -0.2) is 40.3 Å². The van der Waals surface area contributed by atoms with Gasteiger partial charge < -0.3 is 9.31 Å². The molecule has 0 amide bonds. The second-order valence-corrected chi connectivity index (χ2v) is 10.3. The van der Waals surface area contributed by atoms with E-state index in [4.69, 9.17) is 9.31 Å². The highest BCUT2D eigenvalue weighted by Crippen LogP contribution is 2.39. The van der Waals surface area contributed by atoms with Crippen LogP contribution in [0.15, 0.2) is 54.9 Å². The van der Waals surface area contributed by atoms with Crippen LogP contribution in [0.1, 0.15) is 64.5 Å². The van der Waals surface area contributed by atoms with Crippen LogP contribution < -0.4 is 5.46 Å². The topological polar surface area (TPSA) is 34.6 Å². The average Bonchev–Trinajstić information content (AvgIpc) is 2.96. The van der Waals surface area contributed by atoms with Gasteiger partial charge in [-0.15, -0.1) is 0 Å². The summed E-state index contributed by atoms with van der Waals surface area (Å²) in [6.07, 6.45) is 11.3. The van der Waals surface area contributed by atoms with Crippen LogP contribution in [-0.2, 0) is 15.9 Å². The molecule has 4 heterocycles. The predicted octanol–water partition coefficient (Wildman–Crippen LogP) is 4.59. The molecule has 2 saturated heterocycles. The number of rotatable bonds is 4. The normalized spacial score (nSPS) is 27.2. The second-order valence-electron chi connectivity index (χ2n) is 10.3. The number of fused-ring (bicyclic) bond motifs is 2. The first-order valence-corrected chi connectivity index (χ1v) is 11.6. The zero-order chi connectivity index (χ0) is 21.6. The summed E-state index contributed by atoms with van der Waals surface area (Å²) in [5.74, 6) is 0. The number of piperidine rings is 1. The highest BCUT2D eigenvalue weighted by Gasteiger charge is 2.51. The van der Waals surface area contributed by atoms with Crippen molar-refractivity contribution in [3.05, 3.63) is 66.0 Å². The van der Waals surface area contributed by atoms with Gasteiger partial charge in [0.15, 0.2) is 0 Å². The quantitative estimate of drug-likeness (QED) is 0.683. The number of hydrogen-bond donors (Lipinski definition) is 0. The van der Waals surface area contributed by atoms with E-state index in [1.807, 2.05) is 12.4 Å². The molecule has 1 aromatic heterocycles. The van der Waals surface area contributed by atoms with E-state index in [0.717, 1.165) is 18.4 Å². The smallest absolute Gasteiger partial charge is 0.399 e. The lowest BCUT2D eigenvalue weighted by Gasteiger charge is -2.45. The van der Waals surface area contributed by atoms with Gasteiger partial charge in [-0.05, 0) is 63.7 Å². The summed E-state index contributed by atoms with van der Waals surface area (Å²) >= 11 is 0. The Kier molecular flexibility index (Phi) is 5.32. The minimum atomic E-state index is -0.365. The second kappa shape index (κ2) is 7.88. The fourth-order valence-corrected chi connectivity index (χ4v) is 5.11. The maximum absolute atomic E-state index is 6.26. The molecule has 162 valence electrons. The average molecular weight is 416 g/mol. The summed E-state index contributed by atoms with van der Waals surface area (Å²) in [5, 5.41) is 0. The molecule has 2 atom stereocenters. The molecular weight excluding hydrogens is 383 g/mol. The van der Waals surface area contributed by atoms with Crippen LogP contribution >= 0.6 is 0 Å². The number of hydrogen-bond acceptors (Lipinski definition) is 4. The molecule has 3 aliphatic rings. The molecule has 0 radical (unpaired) electrons. The van der Waals surface area contributed by atoms with Crippen LogP contribution in [0.4, 0.5) is 0 Å². The summed E-state index contributed by atoms with van der Waals surface area (Å²) in [6, 6.07) is 14.2. The zero-order valence-corrected chi connectivity index (χ0v) is 19.2. The lowest BCUT2D eigenvalue weighted by molar-refractivity contribution is 0.00578. The molecular formula is C26H33BN2O2. The third-order valence-electron chi connectivity index (χ3n) is 7.64. The van der Waals surface area contributed by atoms with E-state index < -0.39 is 0 Å². The SMILES string of the molecule is CC1(C)OB(c2cncc(C3=CC4CCCC(C3)N4Cc3ccccc3)c2)OC1(C)C. The van der Waals surface area contributed by atoms with Crippen LogP contribution in [0.5, 0.6) is 0 Å². The molecule has 2 fully saturated rings. The molecule has 0 spiro atoms. The van der Waals surface area contributed by atoms with Gasteiger partial charge in [0.25, 0.3) is 0 Å². The van der Waals surface area contributed by atoms with Crippen LogP contribution in [0.3, 0.4) is 0 Å². The van der Waals surface area contributed by atoms with Crippen molar-refractivity contribution in [2.24, 2.45) is 0 Å². The summed E-state index contributed by atoms with van der Waals surface area (Å²) in [6.45, 7) is 9.41. The molecule has 3 aliphatic heterocycles. The van der Waals surface area contributed by atoms with Gasteiger partial charge in [-0.25, -0.2) is 0 Å². The molecule has 5 heteroatoms. The first-order chi connectivity index (χ1) is 14.8. The van der Waals surface area contributed by atoms with E-state index in [9.17, 15) is 0 Å². The third-order valence-corrected chi connectivity index (χ3v) is 7.64. The third kappa shape index (κ3) is 3.99. The Morgan fingerprint density at radius 1 is 1.03 bits per heavy atom. The van der Waals surface area contributed by atoms with E-state index in [1.165, 1.54) is 36.0 Å². The van der Waals surface area contributed by atoms with E-state index in [1.54, 1.807) is 0 Å². The Hall–Kier alpha value is -1.95. The lowest BCUT2D eigenvalue weighted by atomic mass is 9.77. The lowest BCUT2D eigenvalue weighted by Crippen LogP contribution is -2.47. The minimum absolute atomic E-state index is 0.341. The van der Waals surface area contributed by atoms with Crippen molar-refractivity contribution in [2.75, 3.05) is 0 Å². The van der Waals surface area contributed by atoms with E-state index >= 15 is 0 Å². The number of aromatic nitrogens is 1. The maximum atomic E-state index is 6.26. The van der Waals surface area contributed by atoms with Crippen molar-refractivity contribution in [3.63, 3.8) is 0 Å². The Morgan fingerprint density at radius 3 is 2.48 bits per heavy atom. The summed E-state index contributed by atoms with van der Waals surface area (Å²) < 4.78 is 12.5. The van der Waals surface area contributed by atoms with E-state index in [2.05, 4.69) is 80.1 Å². The van der Waals surface area contributed by atoms with Gasteiger partial charge >= 0.3 is 7.12 Å². The van der Waals surface area contributed by atoms with Crippen molar-refractivity contribution in [2.45, 2.75) is 83.2 Å². The van der Waals surface area contributed by atoms with Crippen molar-refractivity contribution in [3.8, 4) is 0 Å². The fraction of sp³-hybridized carbons (Fsp3) is 0.500. The molecule has 1 aromatic carbocycles. The maximum Gasteiger partial charge on any atom is 0.496 e. The molecule has 5 rings (SSSR count). The molecule has 31 heavy (non-hydrogen) atoms. The van der Waals surface area contributed by atoms with Gasteiger partial charge in [-0.2, -0.15) is 0 Å². The van der Waals surface area contributed by atoms with Crippen molar-refractivity contribution >= 4 is 18.2 Å². The summed E-state index contributed by atoms with van der Waals surface area (Å²) in [4.78, 5) is 7.27. The van der Waals surface area contributed by atoms with Crippen molar-refractivity contribution < 1.29 is 9.31 Å². The highest BCUT2D eigenvalue weighted by atomic mass is 16.7. The Bertz CT molecular complexity index is 956. The number of benzene rings is 1. The Balaban J connectivity index is 1.38. The van der Waals surface area contributed by atoms with Gasteiger partial charge in [0.2, 0.25) is 0 Å². The van der Waals surface area contributed by atoms with E-state index in [-0.39, 0.29) is 18.3 Å².